The van der Waals surface area contributed by atoms with Gasteiger partial charge in [0.25, 0.3) is 0 Å². The highest BCUT2D eigenvalue weighted by Gasteiger charge is 2.33. The molecule has 0 fully saturated rings. The third-order valence-corrected chi connectivity index (χ3v) is 5.09. The number of carbonyl (C=O) groups excluding carboxylic acids is 1. The minimum Gasteiger partial charge on any atom is -0.506 e. The fourth-order valence-electron chi connectivity index (χ4n) is 2.75. The molecule has 1 heterocycles. The zero-order valence-electron chi connectivity index (χ0n) is 15.9. The van der Waals surface area contributed by atoms with Crippen LogP contribution in [0.4, 0.5) is 5.69 Å². The van der Waals surface area contributed by atoms with Crippen LogP contribution in [-0.2, 0) is 9.53 Å². The Morgan fingerprint density at radius 2 is 1.96 bits per heavy atom. The number of hydrogen-bond donors (Lipinski definition) is 1. The number of aliphatic hydroxyl groups excluding tert-OH is 1. The zero-order chi connectivity index (χ0) is 20.1. The molecule has 0 aromatic heterocycles. The first-order valence-corrected chi connectivity index (χ1v) is 9.64. The van der Waals surface area contributed by atoms with Crippen molar-refractivity contribution in [3.05, 3.63) is 75.9 Å². The van der Waals surface area contributed by atoms with Crippen LogP contribution in [0, 0.1) is 6.92 Å². The lowest BCUT2D eigenvalue weighted by Crippen LogP contribution is -2.12. The quantitative estimate of drug-likeness (QED) is 0.705. The van der Waals surface area contributed by atoms with E-state index in [0.29, 0.717) is 15.6 Å². The second-order valence-corrected chi connectivity index (χ2v) is 7.07. The predicted molar refractivity (Wildman–Crippen MR) is 113 cm³/mol. The number of rotatable bonds is 5. The molecule has 5 nitrogen and oxygen atoms in total. The Balaban J connectivity index is 2.02. The van der Waals surface area contributed by atoms with Crippen LogP contribution < -0.4 is 4.74 Å². The molecule has 0 radical (unpaired) electrons. The van der Waals surface area contributed by atoms with E-state index in [1.807, 2.05) is 61.5 Å². The van der Waals surface area contributed by atoms with E-state index in [0.717, 1.165) is 16.9 Å². The predicted octanol–water partition coefficient (Wildman–Crippen LogP) is 5.20. The van der Waals surface area contributed by atoms with Crippen LogP contribution in [0.3, 0.4) is 0 Å². The van der Waals surface area contributed by atoms with Gasteiger partial charge >= 0.3 is 5.97 Å². The number of esters is 1. The van der Waals surface area contributed by atoms with Gasteiger partial charge in [-0.2, -0.15) is 0 Å². The maximum Gasteiger partial charge on any atom is 0.344 e. The molecule has 0 unspecified atom stereocenters. The highest BCUT2D eigenvalue weighted by molar-refractivity contribution is 8.18. The molecule has 0 aliphatic carbocycles. The first-order chi connectivity index (χ1) is 13.5. The van der Waals surface area contributed by atoms with Crippen molar-refractivity contribution in [3.63, 3.8) is 0 Å². The van der Waals surface area contributed by atoms with E-state index < -0.39 is 5.97 Å². The Morgan fingerprint density at radius 3 is 2.61 bits per heavy atom. The van der Waals surface area contributed by atoms with Gasteiger partial charge in [-0.25, -0.2) is 9.79 Å². The van der Waals surface area contributed by atoms with E-state index in [-0.39, 0.29) is 17.9 Å². The second kappa shape index (κ2) is 8.80. The summed E-state index contributed by atoms with van der Waals surface area (Å²) in [6, 6.07) is 15.0. The lowest BCUT2D eigenvalue weighted by molar-refractivity contribution is -0.138. The Kier molecular flexibility index (Phi) is 6.21. The van der Waals surface area contributed by atoms with Gasteiger partial charge in [0.1, 0.15) is 22.1 Å². The SMILES string of the molecule is CCOC(=O)C1=C(O)/C(=C/c2ccc(OC)c(C)c2)SC1=Nc1ccccc1. The Morgan fingerprint density at radius 1 is 1.21 bits per heavy atom. The number of benzene rings is 2. The maximum absolute atomic E-state index is 12.4. The second-order valence-electron chi connectivity index (χ2n) is 6.04. The average Bonchev–Trinajstić information content (AvgIpc) is 2.98. The summed E-state index contributed by atoms with van der Waals surface area (Å²) in [4.78, 5) is 17.5. The minimum absolute atomic E-state index is 0.0900. The van der Waals surface area contributed by atoms with Crippen molar-refractivity contribution >= 4 is 34.5 Å². The molecule has 1 aliphatic rings. The van der Waals surface area contributed by atoms with E-state index in [4.69, 9.17) is 9.47 Å². The molecule has 0 bridgehead atoms. The number of methoxy groups -OCH3 is 1. The van der Waals surface area contributed by atoms with Crippen molar-refractivity contribution < 1.29 is 19.4 Å². The van der Waals surface area contributed by atoms with E-state index in [2.05, 4.69) is 4.99 Å². The van der Waals surface area contributed by atoms with Gasteiger partial charge in [-0.05, 0) is 55.3 Å². The van der Waals surface area contributed by atoms with Gasteiger partial charge in [0, 0.05) is 0 Å². The molecule has 1 aliphatic heterocycles. The smallest absolute Gasteiger partial charge is 0.344 e. The highest BCUT2D eigenvalue weighted by atomic mass is 32.2. The van der Waals surface area contributed by atoms with E-state index in [1.54, 1.807) is 14.0 Å². The van der Waals surface area contributed by atoms with Crippen LogP contribution in [0.2, 0.25) is 0 Å². The number of aliphatic hydroxyl groups is 1. The van der Waals surface area contributed by atoms with Crippen molar-refractivity contribution in [1.29, 1.82) is 0 Å². The van der Waals surface area contributed by atoms with Crippen LogP contribution in [0.25, 0.3) is 6.08 Å². The molecule has 2 aromatic rings. The van der Waals surface area contributed by atoms with Crippen LogP contribution in [-0.4, -0.2) is 29.8 Å². The lowest BCUT2D eigenvalue weighted by atomic mass is 10.1. The lowest BCUT2D eigenvalue weighted by Gasteiger charge is -2.05. The van der Waals surface area contributed by atoms with Crippen LogP contribution in [0.1, 0.15) is 18.1 Å². The number of nitrogens with zero attached hydrogens (tertiary/aromatic N) is 1. The molecule has 0 spiro atoms. The molecule has 0 amide bonds. The van der Waals surface area contributed by atoms with Crippen molar-refractivity contribution in [1.82, 2.24) is 0 Å². The summed E-state index contributed by atoms with van der Waals surface area (Å²) in [7, 11) is 1.62. The van der Waals surface area contributed by atoms with Crippen molar-refractivity contribution in [2.24, 2.45) is 4.99 Å². The van der Waals surface area contributed by atoms with Crippen molar-refractivity contribution in [3.8, 4) is 5.75 Å². The van der Waals surface area contributed by atoms with Crippen molar-refractivity contribution in [2.75, 3.05) is 13.7 Å². The molecule has 28 heavy (non-hydrogen) atoms. The third kappa shape index (κ3) is 4.28. The largest absolute Gasteiger partial charge is 0.506 e. The summed E-state index contributed by atoms with van der Waals surface area (Å²) >= 11 is 1.24. The zero-order valence-corrected chi connectivity index (χ0v) is 16.7. The summed E-state index contributed by atoms with van der Waals surface area (Å²) in [5.74, 6) is 0.0858. The fraction of sp³-hybridized carbons (Fsp3) is 0.182. The third-order valence-electron chi connectivity index (χ3n) is 4.07. The molecular formula is C22H21NO4S. The molecular weight excluding hydrogens is 374 g/mol. The van der Waals surface area contributed by atoms with Gasteiger partial charge in [0.2, 0.25) is 0 Å². The topological polar surface area (TPSA) is 68.1 Å². The van der Waals surface area contributed by atoms with Gasteiger partial charge < -0.3 is 14.6 Å². The monoisotopic (exact) mass is 395 g/mol. The molecule has 6 heteroatoms. The first-order valence-electron chi connectivity index (χ1n) is 8.82. The number of thioether (sulfide) groups is 1. The van der Waals surface area contributed by atoms with E-state index in [1.165, 1.54) is 11.8 Å². The Labute approximate surface area is 168 Å². The molecule has 0 atom stereocenters. The standard InChI is InChI=1S/C22H21NO4S/c1-4-27-22(25)19-20(24)18(13-15-10-11-17(26-3)14(2)12-15)28-21(19)23-16-8-6-5-7-9-16/h5-13,24H,4H2,1-3H3/b18-13-,23-21?. The molecule has 2 aromatic carbocycles. The Hall–Kier alpha value is -2.99. The summed E-state index contributed by atoms with van der Waals surface area (Å²) in [6.07, 6.45) is 1.82. The molecule has 0 saturated carbocycles. The Bertz CT molecular complexity index is 977. The van der Waals surface area contributed by atoms with Gasteiger partial charge in [0.15, 0.2) is 0 Å². The number of aryl methyl sites for hydroxylation is 1. The fourth-order valence-corrected chi connectivity index (χ4v) is 3.79. The van der Waals surface area contributed by atoms with Crippen LogP contribution in [0.5, 0.6) is 5.75 Å². The first kappa shape index (κ1) is 19.8. The number of para-hydroxylation sites is 1. The normalized spacial score (nSPS) is 16.7. The number of hydrogen-bond acceptors (Lipinski definition) is 6. The van der Waals surface area contributed by atoms with E-state index in [9.17, 15) is 9.90 Å². The van der Waals surface area contributed by atoms with Gasteiger partial charge in [-0.3, -0.25) is 0 Å². The summed E-state index contributed by atoms with van der Waals surface area (Å²) in [5.41, 5.74) is 2.65. The number of ether oxygens (including phenoxy) is 2. The van der Waals surface area contributed by atoms with Crippen molar-refractivity contribution in [2.45, 2.75) is 13.8 Å². The summed E-state index contributed by atoms with van der Waals surface area (Å²) in [6.45, 7) is 3.89. The average molecular weight is 395 g/mol. The molecule has 1 N–H and O–H groups in total. The van der Waals surface area contributed by atoms with Gasteiger partial charge in [-0.15, -0.1) is 0 Å². The summed E-state index contributed by atoms with van der Waals surface area (Å²) in [5, 5.41) is 11.1. The minimum atomic E-state index is -0.587. The van der Waals surface area contributed by atoms with Gasteiger partial charge in [0.05, 0.1) is 24.3 Å². The molecule has 144 valence electrons. The highest BCUT2D eigenvalue weighted by Crippen LogP contribution is 2.40. The van der Waals surface area contributed by atoms with Crippen LogP contribution in [0.15, 0.2) is 69.8 Å². The number of aliphatic imine (C=N–C) groups is 1. The molecule has 3 rings (SSSR count). The maximum atomic E-state index is 12.4. The molecule has 0 saturated heterocycles. The summed E-state index contributed by atoms with van der Waals surface area (Å²) < 4.78 is 10.4. The number of carbonyl (C=O) groups is 1. The van der Waals surface area contributed by atoms with E-state index >= 15 is 0 Å². The van der Waals surface area contributed by atoms with Gasteiger partial charge in [-0.1, -0.05) is 36.0 Å². The van der Waals surface area contributed by atoms with Crippen LogP contribution >= 0.6 is 11.8 Å².